The molecule has 0 spiro atoms. The molecule has 2 saturated heterocycles. The van der Waals surface area contributed by atoms with Crippen molar-refractivity contribution < 1.29 is 27.9 Å². The summed E-state index contributed by atoms with van der Waals surface area (Å²) in [5.74, 6) is -1.15. The van der Waals surface area contributed by atoms with Crippen LogP contribution in [0.3, 0.4) is 0 Å². The molecule has 252 valence electrons. The summed E-state index contributed by atoms with van der Waals surface area (Å²) >= 11 is 0. The zero-order valence-corrected chi connectivity index (χ0v) is 27.9. The molecule has 0 radical (unpaired) electrons. The highest BCUT2D eigenvalue weighted by molar-refractivity contribution is 7.89. The van der Waals surface area contributed by atoms with Crippen LogP contribution >= 0.6 is 24.8 Å². The molecule has 6 N–H and O–H groups in total. The van der Waals surface area contributed by atoms with Gasteiger partial charge in [0.1, 0.15) is 6.04 Å². The SMILES string of the molecule is Cl.Cl.O=C(CNC(=O)C(CCC1CCNCC1)CCC1CCNCC1)NC[C@H](NS(=O)(=O)c1ccc2ccccc2c1)C(=O)O. The number of fused-ring (bicyclic) bond motifs is 1. The normalized spacial score (nSPS) is 16.7. The fraction of sp³-hybridized carbons (Fsp3) is 0.581. The third-order valence-electron chi connectivity index (χ3n) is 8.69. The van der Waals surface area contributed by atoms with Gasteiger partial charge in [0.15, 0.2) is 0 Å². The molecule has 0 unspecified atom stereocenters. The van der Waals surface area contributed by atoms with Crippen LogP contribution in [0.4, 0.5) is 0 Å². The fourth-order valence-corrected chi connectivity index (χ4v) is 7.20. The van der Waals surface area contributed by atoms with E-state index in [0.29, 0.717) is 17.2 Å². The van der Waals surface area contributed by atoms with E-state index >= 15 is 0 Å². The number of carboxylic acids is 1. The van der Waals surface area contributed by atoms with Crippen LogP contribution in [0.5, 0.6) is 0 Å². The first-order valence-electron chi connectivity index (χ1n) is 15.4. The first kappa shape index (κ1) is 38.7. The van der Waals surface area contributed by atoms with Gasteiger partial charge in [-0.05, 0) is 112 Å². The minimum Gasteiger partial charge on any atom is -0.480 e. The van der Waals surface area contributed by atoms with Crippen molar-refractivity contribution in [1.82, 2.24) is 26.0 Å². The maximum Gasteiger partial charge on any atom is 0.323 e. The quantitative estimate of drug-likeness (QED) is 0.166. The van der Waals surface area contributed by atoms with E-state index in [1.54, 1.807) is 18.2 Å². The lowest BCUT2D eigenvalue weighted by Crippen LogP contribution is -2.50. The van der Waals surface area contributed by atoms with Gasteiger partial charge in [0.05, 0.1) is 11.4 Å². The number of piperidine rings is 2. The summed E-state index contributed by atoms with van der Waals surface area (Å²) in [6.07, 6.45) is 7.97. The van der Waals surface area contributed by atoms with Crippen LogP contribution in [0.25, 0.3) is 10.8 Å². The molecule has 14 heteroatoms. The van der Waals surface area contributed by atoms with E-state index in [2.05, 4.69) is 26.0 Å². The van der Waals surface area contributed by atoms with Crippen molar-refractivity contribution in [3.63, 3.8) is 0 Å². The highest BCUT2D eigenvalue weighted by Gasteiger charge is 2.27. The highest BCUT2D eigenvalue weighted by atomic mass is 35.5. The zero-order valence-electron chi connectivity index (χ0n) is 25.5. The number of carbonyl (C=O) groups is 3. The largest absolute Gasteiger partial charge is 0.480 e. The Hall–Kier alpha value is -2.48. The summed E-state index contributed by atoms with van der Waals surface area (Å²) in [7, 11) is -4.17. The van der Waals surface area contributed by atoms with Crippen LogP contribution < -0.4 is 26.0 Å². The molecule has 1 atom stereocenters. The lowest BCUT2D eigenvalue weighted by Gasteiger charge is -2.27. The summed E-state index contributed by atoms with van der Waals surface area (Å²) in [6, 6.07) is 10.2. The highest BCUT2D eigenvalue weighted by Crippen LogP contribution is 2.27. The van der Waals surface area contributed by atoms with Gasteiger partial charge >= 0.3 is 5.97 Å². The van der Waals surface area contributed by atoms with E-state index in [1.807, 2.05) is 12.1 Å². The second-order valence-corrected chi connectivity index (χ2v) is 13.5. The Labute approximate surface area is 278 Å². The predicted molar refractivity (Wildman–Crippen MR) is 179 cm³/mol. The number of hydrogen-bond acceptors (Lipinski definition) is 7. The van der Waals surface area contributed by atoms with Crippen molar-refractivity contribution in [2.24, 2.45) is 17.8 Å². The van der Waals surface area contributed by atoms with Gasteiger partial charge in [0, 0.05) is 12.5 Å². The van der Waals surface area contributed by atoms with Crippen molar-refractivity contribution >= 4 is 63.4 Å². The second-order valence-electron chi connectivity index (χ2n) is 11.8. The molecular formula is C31H47Cl2N5O6S. The van der Waals surface area contributed by atoms with Crippen LogP contribution in [0.15, 0.2) is 47.4 Å². The number of sulfonamides is 1. The summed E-state index contributed by atoms with van der Waals surface area (Å²) in [5, 5.41) is 23.1. The van der Waals surface area contributed by atoms with Crippen LogP contribution in [0.1, 0.15) is 51.4 Å². The zero-order chi connectivity index (χ0) is 30.7. The van der Waals surface area contributed by atoms with Gasteiger partial charge in [-0.15, -0.1) is 24.8 Å². The van der Waals surface area contributed by atoms with Gasteiger partial charge in [-0.25, -0.2) is 8.42 Å². The molecule has 0 aliphatic carbocycles. The van der Waals surface area contributed by atoms with Gasteiger partial charge in [0.2, 0.25) is 21.8 Å². The van der Waals surface area contributed by atoms with Crippen molar-refractivity contribution in [1.29, 1.82) is 0 Å². The number of amides is 2. The molecule has 2 fully saturated rings. The molecule has 11 nitrogen and oxygen atoms in total. The Morgan fingerprint density at radius 1 is 0.822 bits per heavy atom. The molecule has 2 heterocycles. The smallest absolute Gasteiger partial charge is 0.323 e. The third kappa shape index (κ3) is 12.3. The van der Waals surface area contributed by atoms with Gasteiger partial charge < -0.3 is 26.4 Å². The Kier molecular flexibility index (Phi) is 16.5. The standard InChI is InChI=1S/C31H45N5O6S.2ClH/c37-29(34-20-28(31(39)40)36-43(41,42)27-10-9-24-3-1-2-4-26(24)19-27)21-35-30(38)25(7-5-22-11-15-32-16-12-22)8-6-23-13-17-33-18-14-23;;/h1-4,9-10,19,22-23,25,28,32-33,36H,5-8,11-18,20-21H2,(H,34,37)(H,35,38)(H,39,40);2*1H/t28-;;/m0../s1. The van der Waals surface area contributed by atoms with Gasteiger partial charge in [-0.2, -0.15) is 4.72 Å². The number of benzene rings is 2. The van der Waals surface area contributed by atoms with E-state index < -0.39 is 34.5 Å². The monoisotopic (exact) mass is 687 g/mol. The molecule has 2 amide bonds. The van der Waals surface area contributed by atoms with Crippen molar-refractivity contribution in [2.45, 2.75) is 62.3 Å². The minimum atomic E-state index is -4.17. The van der Waals surface area contributed by atoms with E-state index in [9.17, 15) is 27.9 Å². The second kappa shape index (κ2) is 19.2. The maximum absolute atomic E-state index is 13.2. The van der Waals surface area contributed by atoms with E-state index in [-0.39, 0.29) is 48.1 Å². The molecule has 0 saturated carbocycles. The van der Waals surface area contributed by atoms with Crippen molar-refractivity contribution in [2.75, 3.05) is 39.3 Å². The summed E-state index contributed by atoms with van der Waals surface area (Å²) < 4.78 is 28.0. The average molecular weight is 689 g/mol. The van der Waals surface area contributed by atoms with Gasteiger partial charge in [-0.1, -0.05) is 30.3 Å². The fourth-order valence-electron chi connectivity index (χ4n) is 5.98. The first-order chi connectivity index (χ1) is 20.7. The molecule has 45 heavy (non-hydrogen) atoms. The molecule has 0 bridgehead atoms. The van der Waals surface area contributed by atoms with Crippen molar-refractivity contribution in [3.05, 3.63) is 42.5 Å². The molecular weight excluding hydrogens is 641 g/mol. The summed E-state index contributed by atoms with van der Waals surface area (Å²) in [4.78, 5) is 37.5. The minimum absolute atomic E-state index is 0. The number of halogens is 2. The topological polar surface area (TPSA) is 166 Å². The number of nitrogens with one attached hydrogen (secondary N) is 5. The Morgan fingerprint density at radius 3 is 1.93 bits per heavy atom. The van der Waals surface area contributed by atoms with Crippen LogP contribution in [0, 0.1) is 17.8 Å². The lowest BCUT2D eigenvalue weighted by molar-refractivity contribution is -0.139. The van der Waals surface area contributed by atoms with E-state index in [4.69, 9.17) is 0 Å². The lowest BCUT2D eigenvalue weighted by atomic mass is 9.84. The van der Waals surface area contributed by atoms with Crippen LogP contribution in [-0.2, 0) is 24.4 Å². The number of hydrogen-bond donors (Lipinski definition) is 6. The summed E-state index contributed by atoms with van der Waals surface area (Å²) in [5.41, 5.74) is 0. The molecule has 2 aromatic rings. The van der Waals surface area contributed by atoms with Crippen molar-refractivity contribution in [3.8, 4) is 0 Å². The van der Waals surface area contributed by atoms with E-state index in [0.717, 1.165) is 82.9 Å². The number of carbonyl (C=O) groups excluding carboxylic acids is 2. The molecule has 0 aromatic heterocycles. The molecule has 2 aliphatic heterocycles. The average Bonchev–Trinajstić information content (AvgIpc) is 3.02. The van der Waals surface area contributed by atoms with E-state index in [1.165, 1.54) is 12.1 Å². The van der Waals surface area contributed by atoms with Gasteiger partial charge in [-0.3, -0.25) is 14.4 Å². The van der Waals surface area contributed by atoms with Crippen LogP contribution in [0.2, 0.25) is 0 Å². The van der Waals surface area contributed by atoms with Gasteiger partial charge in [0.25, 0.3) is 0 Å². The summed E-state index contributed by atoms with van der Waals surface area (Å²) in [6.45, 7) is 3.25. The third-order valence-corrected chi connectivity index (χ3v) is 10.2. The van der Waals surface area contributed by atoms with Crippen LogP contribution in [-0.4, -0.2) is 76.6 Å². The Bertz CT molecular complexity index is 1330. The number of rotatable bonds is 15. The predicted octanol–water partition coefficient (Wildman–Crippen LogP) is 2.82. The molecule has 2 aliphatic rings. The molecule has 2 aromatic carbocycles. The maximum atomic E-state index is 13.2. The first-order valence-corrected chi connectivity index (χ1v) is 16.9. The Morgan fingerprint density at radius 2 is 1.38 bits per heavy atom. The Balaban J connectivity index is 0.00000353. The molecule has 4 rings (SSSR count). The number of carboxylic acid groups (broad SMARTS) is 1. The number of aliphatic carboxylic acids is 1.